The molecule has 2 rings (SSSR count). The van der Waals surface area contributed by atoms with Crippen molar-refractivity contribution in [2.75, 3.05) is 11.9 Å². The highest BCUT2D eigenvalue weighted by atomic mass is 15.3. The lowest BCUT2D eigenvalue weighted by Gasteiger charge is -2.07. The van der Waals surface area contributed by atoms with Gasteiger partial charge in [0.15, 0.2) is 0 Å². The van der Waals surface area contributed by atoms with Gasteiger partial charge >= 0.3 is 0 Å². The summed E-state index contributed by atoms with van der Waals surface area (Å²) in [5, 5.41) is 7.70. The number of nitrogens with one attached hydrogen (secondary N) is 1. The van der Waals surface area contributed by atoms with Gasteiger partial charge < -0.3 is 5.32 Å². The van der Waals surface area contributed by atoms with E-state index in [1.54, 1.807) is 6.20 Å². The zero-order valence-corrected chi connectivity index (χ0v) is 11.3. The van der Waals surface area contributed by atoms with E-state index in [1.165, 1.54) is 6.42 Å². The summed E-state index contributed by atoms with van der Waals surface area (Å²) in [4.78, 5) is 4.33. The molecule has 0 saturated carbocycles. The quantitative estimate of drug-likeness (QED) is 0.798. The molecule has 0 unspecified atom stereocenters. The van der Waals surface area contributed by atoms with E-state index < -0.39 is 0 Å². The molecule has 2 aromatic heterocycles. The molecule has 18 heavy (non-hydrogen) atoms. The molecule has 0 aliphatic heterocycles. The molecule has 0 aliphatic carbocycles. The molecule has 0 amide bonds. The first-order valence-corrected chi connectivity index (χ1v) is 6.54. The first-order valence-electron chi connectivity index (χ1n) is 6.54. The summed E-state index contributed by atoms with van der Waals surface area (Å²) in [6.45, 7) is 7.36. The van der Waals surface area contributed by atoms with E-state index in [2.05, 4.69) is 36.2 Å². The number of hydrogen-bond acceptors (Lipinski definition) is 3. The van der Waals surface area contributed by atoms with Gasteiger partial charge in [0.25, 0.3) is 0 Å². The number of nitrogens with zero attached hydrogens (tertiary/aromatic N) is 4. The molecule has 0 aromatic carbocycles. The molecule has 0 bridgehead atoms. The molecular weight excluding hydrogens is 226 g/mol. The normalized spacial score (nSPS) is 11.1. The number of unbranched alkanes of at least 4 members (excludes halogenated alkanes) is 1. The van der Waals surface area contributed by atoms with E-state index in [1.807, 2.05) is 27.8 Å². The summed E-state index contributed by atoms with van der Waals surface area (Å²) in [6.07, 6.45) is 10.00. The molecule has 0 aliphatic rings. The van der Waals surface area contributed by atoms with Gasteiger partial charge in [-0.15, -0.1) is 0 Å². The van der Waals surface area contributed by atoms with E-state index in [-0.39, 0.29) is 0 Å². The molecule has 98 valence electrons. The third-order valence-electron chi connectivity index (χ3n) is 2.85. The van der Waals surface area contributed by atoms with Crippen LogP contribution in [0.2, 0.25) is 0 Å². The lowest BCUT2D eigenvalue weighted by molar-refractivity contribution is 0.532. The third kappa shape index (κ3) is 2.72. The van der Waals surface area contributed by atoms with Crippen molar-refractivity contribution < 1.29 is 0 Å². The Labute approximate surface area is 108 Å². The Morgan fingerprint density at radius 3 is 2.89 bits per heavy atom. The first kappa shape index (κ1) is 12.7. The zero-order valence-electron chi connectivity index (χ0n) is 11.3. The number of rotatable bonds is 6. The van der Waals surface area contributed by atoms with Gasteiger partial charge in [-0.3, -0.25) is 9.25 Å². The van der Waals surface area contributed by atoms with Crippen LogP contribution in [0.15, 0.2) is 24.8 Å². The SMILES string of the molecule is CCCCNc1nccn1-c1cnn(C(C)C)c1. The van der Waals surface area contributed by atoms with Gasteiger partial charge in [0, 0.05) is 31.2 Å². The Morgan fingerprint density at radius 1 is 1.39 bits per heavy atom. The Kier molecular flexibility index (Phi) is 4.02. The highest BCUT2D eigenvalue weighted by Crippen LogP contribution is 2.15. The highest BCUT2D eigenvalue weighted by molar-refractivity contribution is 5.39. The molecule has 0 radical (unpaired) electrons. The van der Waals surface area contributed by atoms with Crippen LogP contribution in [-0.2, 0) is 0 Å². The molecule has 5 nitrogen and oxygen atoms in total. The molecule has 5 heteroatoms. The van der Waals surface area contributed by atoms with Gasteiger partial charge in [-0.2, -0.15) is 5.10 Å². The van der Waals surface area contributed by atoms with Crippen LogP contribution in [0.3, 0.4) is 0 Å². The van der Waals surface area contributed by atoms with Crippen molar-refractivity contribution in [3.05, 3.63) is 24.8 Å². The van der Waals surface area contributed by atoms with Crippen LogP contribution >= 0.6 is 0 Å². The summed E-state index contributed by atoms with van der Waals surface area (Å²) in [6, 6.07) is 0.374. The number of imidazole rings is 1. The van der Waals surface area contributed by atoms with Crippen LogP contribution in [-0.4, -0.2) is 25.9 Å². The predicted octanol–water partition coefficient (Wildman–Crippen LogP) is 2.86. The van der Waals surface area contributed by atoms with Crippen LogP contribution in [0.25, 0.3) is 5.69 Å². The van der Waals surface area contributed by atoms with Crippen molar-refractivity contribution >= 4 is 5.95 Å². The van der Waals surface area contributed by atoms with Gasteiger partial charge in [0.05, 0.1) is 11.9 Å². The van der Waals surface area contributed by atoms with Gasteiger partial charge in [-0.05, 0) is 20.3 Å². The lowest BCUT2D eigenvalue weighted by atomic mass is 10.3. The van der Waals surface area contributed by atoms with Crippen LogP contribution in [0, 0.1) is 0 Å². The van der Waals surface area contributed by atoms with E-state index in [0.717, 1.165) is 24.6 Å². The van der Waals surface area contributed by atoms with Gasteiger partial charge in [-0.25, -0.2) is 4.98 Å². The molecule has 2 aromatic rings. The summed E-state index contributed by atoms with van der Waals surface area (Å²) >= 11 is 0. The maximum absolute atomic E-state index is 4.35. The number of aromatic nitrogens is 4. The van der Waals surface area contributed by atoms with Crippen LogP contribution in [0.5, 0.6) is 0 Å². The van der Waals surface area contributed by atoms with Crippen LogP contribution < -0.4 is 5.32 Å². The minimum absolute atomic E-state index is 0.374. The fourth-order valence-electron chi connectivity index (χ4n) is 1.75. The van der Waals surface area contributed by atoms with E-state index in [9.17, 15) is 0 Å². The van der Waals surface area contributed by atoms with Gasteiger partial charge in [0.2, 0.25) is 5.95 Å². The Hall–Kier alpha value is -1.78. The molecule has 0 fully saturated rings. The molecule has 0 saturated heterocycles. The minimum atomic E-state index is 0.374. The lowest BCUT2D eigenvalue weighted by Crippen LogP contribution is -2.07. The Morgan fingerprint density at radius 2 is 2.22 bits per heavy atom. The highest BCUT2D eigenvalue weighted by Gasteiger charge is 2.07. The summed E-state index contributed by atoms with van der Waals surface area (Å²) in [5.41, 5.74) is 1.04. The standard InChI is InChI=1S/C13H21N5/c1-4-5-6-14-13-15-7-8-17(13)12-9-16-18(10-12)11(2)3/h7-11H,4-6H2,1-3H3,(H,14,15). The summed E-state index contributed by atoms with van der Waals surface area (Å²) in [5.74, 6) is 0.881. The van der Waals surface area contributed by atoms with E-state index >= 15 is 0 Å². The van der Waals surface area contributed by atoms with Crippen molar-refractivity contribution in [1.82, 2.24) is 19.3 Å². The van der Waals surface area contributed by atoms with Gasteiger partial charge in [0.1, 0.15) is 0 Å². The maximum Gasteiger partial charge on any atom is 0.207 e. The fourth-order valence-corrected chi connectivity index (χ4v) is 1.75. The number of anilines is 1. The minimum Gasteiger partial charge on any atom is -0.355 e. The zero-order chi connectivity index (χ0) is 13.0. The first-order chi connectivity index (χ1) is 8.72. The molecule has 0 atom stereocenters. The predicted molar refractivity (Wildman–Crippen MR) is 73.1 cm³/mol. The van der Waals surface area contributed by atoms with Crippen molar-refractivity contribution in [2.45, 2.75) is 39.7 Å². The second-order valence-electron chi connectivity index (χ2n) is 4.67. The monoisotopic (exact) mass is 247 g/mol. The summed E-state index contributed by atoms with van der Waals surface area (Å²) in [7, 11) is 0. The molecule has 0 spiro atoms. The van der Waals surface area contributed by atoms with Crippen LogP contribution in [0.1, 0.15) is 39.7 Å². The van der Waals surface area contributed by atoms with Crippen molar-refractivity contribution in [3.63, 3.8) is 0 Å². The third-order valence-corrected chi connectivity index (χ3v) is 2.85. The second kappa shape index (κ2) is 5.71. The topological polar surface area (TPSA) is 47.7 Å². The Bertz CT molecular complexity index is 483. The average Bonchev–Trinajstić information content (AvgIpc) is 2.96. The average molecular weight is 247 g/mol. The van der Waals surface area contributed by atoms with Crippen molar-refractivity contribution in [2.24, 2.45) is 0 Å². The smallest absolute Gasteiger partial charge is 0.207 e. The Balaban J connectivity index is 2.14. The summed E-state index contributed by atoms with van der Waals surface area (Å²) < 4.78 is 3.98. The van der Waals surface area contributed by atoms with E-state index in [4.69, 9.17) is 0 Å². The molecular formula is C13H21N5. The molecule has 1 N–H and O–H groups in total. The van der Waals surface area contributed by atoms with Crippen LogP contribution in [0.4, 0.5) is 5.95 Å². The maximum atomic E-state index is 4.35. The van der Waals surface area contributed by atoms with E-state index in [0.29, 0.717) is 6.04 Å². The number of hydrogen-bond donors (Lipinski definition) is 1. The second-order valence-corrected chi connectivity index (χ2v) is 4.67. The van der Waals surface area contributed by atoms with Crippen molar-refractivity contribution in [3.8, 4) is 5.69 Å². The van der Waals surface area contributed by atoms with Gasteiger partial charge in [-0.1, -0.05) is 13.3 Å². The van der Waals surface area contributed by atoms with Crippen molar-refractivity contribution in [1.29, 1.82) is 0 Å². The fraction of sp³-hybridized carbons (Fsp3) is 0.538. The molecule has 2 heterocycles. The largest absolute Gasteiger partial charge is 0.355 e.